The zero-order valence-electron chi connectivity index (χ0n) is 8.63. The molecule has 2 rings (SSSR count). The minimum absolute atomic E-state index is 0.316. The normalized spacial score (nSPS) is 10.7. The summed E-state index contributed by atoms with van der Waals surface area (Å²) in [7, 11) is 1.81. The molecule has 0 aliphatic heterocycles. The Hall–Kier alpha value is -1.20. The topological polar surface area (TPSA) is 38.1 Å². The summed E-state index contributed by atoms with van der Waals surface area (Å²) in [5.41, 5.74) is 0.662. The van der Waals surface area contributed by atoms with Crippen LogP contribution in [0, 0.1) is 5.82 Å². The van der Waals surface area contributed by atoms with Gasteiger partial charge >= 0.3 is 0 Å². The molecule has 0 fully saturated rings. The molecule has 16 heavy (non-hydrogen) atoms. The highest BCUT2D eigenvalue weighted by Gasteiger charge is 2.11. The average Bonchev–Trinajstić information content (AvgIpc) is 2.71. The van der Waals surface area contributed by atoms with E-state index in [1.807, 2.05) is 7.05 Å². The fourth-order valence-corrected chi connectivity index (χ4v) is 1.82. The number of oxazole rings is 1. The highest BCUT2D eigenvalue weighted by Crippen LogP contribution is 2.30. The molecule has 0 radical (unpaired) electrons. The van der Waals surface area contributed by atoms with E-state index in [0.29, 0.717) is 28.2 Å². The summed E-state index contributed by atoms with van der Waals surface area (Å²) >= 11 is 3.19. The van der Waals surface area contributed by atoms with Crippen molar-refractivity contribution in [3.63, 3.8) is 0 Å². The number of rotatable bonds is 3. The van der Waals surface area contributed by atoms with Gasteiger partial charge in [-0.1, -0.05) is 6.07 Å². The average molecular weight is 285 g/mol. The maximum Gasteiger partial charge on any atom is 0.208 e. The Morgan fingerprint density at radius 2 is 2.31 bits per heavy atom. The predicted molar refractivity (Wildman–Crippen MR) is 62.4 cm³/mol. The van der Waals surface area contributed by atoms with E-state index in [1.165, 1.54) is 6.07 Å². The highest BCUT2D eigenvalue weighted by molar-refractivity contribution is 9.10. The molecule has 0 spiro atoms. The molecule has 0 unspecified atom stereocenters. The molecule has 3 nitrogen and oxygen atoms in total. The number of hydrogen-bond donors (Lipinski definition) is 1. The van der Waals surface area contributed by atoms with Crippen LogP contribution in [0.1, 0.15) is 5.89 Å². The van der Waals surface area contributed by atoms with Crippen LogP contribution in [0.15, 0.2) is 33.3 Å². The first-order valence-corrected chi connectivity index (χ1v) is 5.55. The first-order valence-electron chi connectivity index (χ1n) is 4.76. The second kappa shape index (κ2) is 4.76. The van der Waals surface area contributed by atoms with Gasteiger partial charge in [0.05, 0.1) is 17.2 Å². The van der Waals surface area contributed by atoms with Crippen molar-refractivity contribution >= 4 is 15.9 Å². The summed E-state index contributed by atoms with van der Waals surface area (Å²) in [4.78, 5) is 4.08. The summed E-state index contributed by atoms with van der Waals surface area (Å²) in [5, 5.41) is 2.93. The summed E-state index contributed by atoms with van der Waals surface area (Å²) < 4.78 is 19.2. The fraction of sp³-hybridized carbons (Fsp3) is 0.182. The van der Waals surface area contributed by atoms with Crippen LogP contribution < -0.4 is 5.32 Å². The second-order valence-electron chi connectivity index (χ2n) is 3.25. The Kier molecular flexibility index (Phi) is 3.36. The standard InChI is InChI=1S/C11H10BrFN2O/c1-14-6-10-15-5-9(16-10)7-3-2-4-8(13)11(7)12/h2-5,14H,6H2,1H3. The van der Waals surface area contributed by atoms with Crippen molar-refractivity contribution in [2.45, 2.75) is 6.54 Å². The summed E-state index contributed by atoms with van der Waals surface area (Å²) in [6, 6.07) is 4.80. The first-order chi connectivity index (χ1) is 7.72. The van der Waals surface area contributed by atoms with Crippen molar-refractivity contribution in [2.75, 3.05) is 7.05 Å². The molecule has 1 aromatic heterocycles. The molecule has 0 amide bonds. The lowest BCUT2D eigenvalue weighted by Crippen LogP contribution is -2.04. The molecule has 0 saturated carbocycles. The third kappa shape index (κ3) is 2.15. The third-order valence-corrected chi connectivity index (χ3v) is 2.90. The van der Waals surface area contributed by atoms with Gasteiger partial charge in [0.25, 0.3) is 0 Å². The predicted octanol–water partition coefficient (Wildman–Crippen LogP) is 2.96. The van der Waals surface area contributed by atoms with E-state index in [2.05, 4.69) is 26.2 Å². The smallest absolute Gasteiger partial charge is 0.208 e. The number of halogens is 2. The molecule has 0 atom stereocenters. The van der Waals surface area contributed by atoms with E-state index in [1.54, 1.807) is 18.3 Å². The molecule has 2 aromatic rings. The monoisotopic (exact) mass is 284 g/mol. The molecular formula is C11H10BrFN2O. The van der Waals surface area contributed by atoms with Gasteiger partial charge in [-0.3, -0.25) is 0 Å². The summed E-state index contributed by atoms with van der Waals surface area (Å²) in [5.74, 6) is 0.814. The maximum absolute atomic E-state index is 13.3. The van der Waals surface area contributed by atoms with Gasteiger partial charge in [-0.2, -0.15) is 0 Å². The van der Waals surface area contributed by atoms with Crippen molar-refractivity contribution in [3.05, 3.63) is 40.6 Å². The Bertz CT molecular complexity index is 498. The molecule has 0 saturated heterocycles. The van der Waals surface area contributed by atoms with Crippen LogP contribution in [-0.2, 0) is 6.54 Å². The van der Waals surface area contributed by atoms with Crippen LogP contribution in [0.4, 0.5) is 4.39 Å². The van der Waals surface area contributed by atoms with Gasteiger partial charge in [0.15, 0.2) is 5.76 Å². The molecule has 1 aromatic carbocycles. The Morgan fingerprint density at radius 1 is 1.50 bits per heavy atom. The highest BCUT2D eigenvalue weighted by atomic mass is 79.9. The zero-order valence-corrected chi connectivity index (χ0v) is 10.2. The van der Waals surface area contributed by atoms with Crippen molar-refractivity contribution < 1.29 is 8.81 Å². The Balaban J connectivity index is 2.39. The molecule has 0 aliphatic carbocycles. The number of nitrogens with one attached hydrogen (secondary N) is 1. The molecule has 0 aliphatic rings. The molecule has 84 valence electrons. The lowest BCUT2D eigenvalue weighted by atomic mass is 10.2. The quantitative estimate of drug-likeness (QED) is 0.942. The molecular weight excluding hydrogens is 275 g/mol. The Labute approximate surface area is 101 Å². The van der Waals surface area contributed by atoms with Crippen molar-refractivity contribution in [2.24, 2.45) is 0 Å². The Morgan fingerprint density at radius 3 is 3.06 bits per heavy atom. The SMILES string of the molecule is CNCc1ncc(-c2cccc(F)c2Br)o1. The third-order valence-electron chi connectivity index (χ3n) is 2.10. The van der Waals surface area contributed by atoms with Gasteiger partial charge in [0.2, 0.25) is 5.89 Å². The number of benzene rings is 1. The van der Waals surface area contributed by atoms with Crippen LogP contribution in [0.2, 0.25) is 0 Å². The lowest BCUT2D eigenvalue weighted by Gasteiger charge is -2.00. The minimum atomic E-state index is -0.316. The van der Waals surface area contributed by atoms with E-state index in [9.17, 15) is 4.39 Å². The van der Waals surface area contributed by atoms with Gasteiger partial charge in [-0.15, -0.1) is 0 Å². The van der Waals surface area contributed by atoms with Crippen LogP contribution >= 0.6 is 15.9 Å². The first kappa shape index (κ1) is 11.3. The lowest BCUT2D eigenvalue weighted by molar-refractivity contribution is 0.490. The van der Waals surface area contributed by atoms with E-state index >= 15 is 0 Å². The van der Waals surface area contributed by atoms with Gasteiger partial charge in [0.1, 0.15) is 5.82 Å². The van der Waals surface area contributed by atoms with Crippen molar-refractivity contribution in [3.8, 4) is 11.3 Å². The minimum Gasteiger partial charge on any atom is -0.439 e. The summed E-state index contributed by atoms with van der Waals surface area (Å²) in [6.45, 7) is 0.549. The van der Waals surface area contributed by atoms with Crippen molar-refractivity contribution in [1.82, 2.24) is 10.3 Å². The maximum atomic E-state index is 13.3. The molecule has 1 heterocycles. The van der Waals surface area contributed by atoms with E-state index < -0.39 is 0 Å². The van der Waals surface area contributed by atoms with Crippen molar-refractivity contribution in [1.29, 1.82) is 0 Å². The largest absolute Gasteiger partial charge is 0.439 e. The van der Waals surface area contributed by atoms with Crippen LogP contribution in [-0.4, -0.2) is 12.0 Å². The molecule has 0 bridgehead atoms. The number of nitrogens with zero attached hydrogens (tertiary/aromatic N) is 1. The summed E-state index contributed by atoms with van der Waals surface area (Å²) in [6.07, 6.45) is 1.59. The van der Waals surface area contributed by atoms with E-state index in [-0.39, 0.29) is 5.82 Å². The molecule has 1 N–H and O–H groups in total. The number of aromatic nitrogens is 1. The second-order valence-corrected chi connectivity index (χ2v) is 4.04. The van der Waals surface area contributed by atoms with Crippen LogP contribution in [0.3, 0.4) is 0 Å². The van der Waals surface area contributed by atoms with Gasteiger partial charge in [-0.05, 0) is 35.1 Å². The van der Waals surface area contributed by atoms with E-state index in [4.69, 9.17) is 4.42 Å². The van der Waals surface area contributed by atoms with Gasteiger partial charge < -0.3 is 9.73 Å². The fourth-order valence-electron chi connectivity index (χ4n) is 1.36. The van der Waals surface area contributed by atoms with Crippen LogP contribution in [0.25, 0.3) is 11.3 Å². The zero-order chi connectivity index (χ0) is 11.5. The van der Waals surface area contributed by atoms with Gasteiger partial charge in [-0.25, -0.2) is 9.37 Å². The van der Waals surface area contributed by atoms with Gasteiger partial charge in [0, 0.05) is 5.56 Å². The molecule has 5 heteroatoms. The van der Waals surface area contributed by atoms with E-state index in [0.717, 1.165) is 0 Å². The number of hydrogen-bond acceptors (Lipinski definition) is 3. The van der Waals surface area contributed by atoms with Crippen LogP contribution in [0.5, 0.6) is 0 Å².